The lowest BCUT2D eigenvalue weighted by atomic mass is 10.2. The molecule has 1 aromatic rings. The van der Waals surface area contributed by atoms with Crippen molar-refractivity contribution in [3.63, 3.8) is 0 Å². The Bertz CT molecular complexity index is 413. The zero-order valence-corrected chi connectivity index (χ0v) is 11.9. The lowest BCUT2D eigenvalue weighted by Gasteiger charge is -2.12. The summed E-state index contributed by atoms with van der Waals surface area (Å²) in [7, 11) is 0. The van der Waals surface area contributed by atoms with Crippen LogP contribution in [0.5, 0.6) is 0 Å². The first-order valence-corrected chi connectivity index (χ1v) is 7.72. The van der Waals surface area contributed by atoms with E-state index in [0.717, 1.165) is 25.8 Å². The maximum absolute atomic E-state index is 8.84. The standard InChI is InChI=1S/C14H21N3S/c1-2-5-12-13(6-8-15)18-14(16-12)7-11-17-9-3-4-10-17/h2-7,9-11H2,1H3. The van der Waals surface area contributed by atoms with Gasteiger partial charge in [0.1, 0.15) is 0 Å². The van der Waals surface area contributed by atoms with E-state index in [1.54, 1.807) is 11.3 Å². The molecular weight excluding hydrogens is 242 g/mol. The normalized spacial score (nSPS) is 16.0. The maximum atomic E-state index is 8.84. The molecule has 0 saturated carbocycles. The van der Waals surface area contributed by atoms with Gasteiger partial charge in [-0.2, -0.15) is 5.26 Å². The van der Waals surface area contributed by atoms with Crippen LogP contribution in [0.2, 0.25) is 0 Å². The average molecular weight is 263 g/mol. The number of likely N-dealkylation sites (tertiary alicyclic amines) is 1. The smallest absolute Gasteiger partial charge is 0.0944 e. The molecule has 0 aliphatic carbocycles. The average Bonchev–Trinajstić information content (AvgIpc) is 2.98. The van der Waals surface area contributed by atoms with E-state index in [4.69, 9.17) is 10.2 Å². The predicted octanol–water partition coefficient (Wildman–Crippen LogP) is 2.80. The van der Waals surface area contributed by atoms with E-state index in [1.807, 2.05) is 0 Å². The van der Waals surface area contributed by atoms with Gasteiger partial charge in [-0.25, -0.2) is 4.98 Å². The molecule has 4 heteroatoms. The van der Waals surface area contributed by atoms with E-state index in [1.165, 1.54) is 41.5 Å². The van der Waals surface area contributed by atoms with E-state index in [-0.39, 0.29) is 0 Å². The Balaban J connectivity index is 1.94. The van der Waals surface area contributed by atoms with Crippen molar-refractivity contribution < 1.29 is 0 Å². The first-order valence-electron chi connectivity index (χ1n) is 6.90. The summed E-state index contributed by atoms with van der Waals surface area (Å²) in [6.07, 6.45) is 6.38. The fourth-order valence-electron chi connectivity index (χ4n) is 2.45. The van der Waals surface area contributed by atoms with Gasteiger partial charge in [0.15, 0.2) is 0 Å². The van der Waals surface area contributed by atoms with Crippen molar-refractivity contribution in [1.82, 2.24) is 9.88 Å². The van der Waals surface area contributed by atoms with Crippen LogP contribution in [0.1, 0.15) is 41.8 Å². The van der Waals surface area contributed by atoms with Gasteiger partial charge in [-0.1, -0.05) is 13.3 Å². The minimum Gasteiger partial charge on any atom is -0.303 e. The second-order valence-corrected chi connectivity index (χ2v) is 6.03. The number of nitriles is 1. The van der Waals surface area contributed by atoms with Crippen molar-refractivity contribution in [3.8, 4) is 6.07 Å². The highest BCUT2D eigenvalue weighted by Gasteiger charge is 2.14. The van der Waals surface area contributed by atoms with Crippen LogP contribution in [0.3, 0.4) is 0 Å². The molecule has 98 valence electrons. The molecule has 0 unspecified atom stereocenters. The second-order valence-electron chi connectivity index (χ2n) is 4.86. The highest BCUT2D eigenvalue weighted by molar-refractivity contribution is 7.11. The van der Waals surface area contributed by atoms with Crippen molar-refractivity contribution in [2.45, 2.75) is 45.4 Å². The van der Waals surface area contributed by atoms with Gasteiger partial charge >= 0.3 is 0 Å². The molecule has 2 heterocycles. The van der Waals surface area contributed by atoms with Crippen molar-refractivity contribution >= 4 is 11.3 Å². The zero-order chi connectivity index (χ0) is 12.8. The van der Waals surface area contributed by atoms with Gasteiger partial charge in [0.2, 0.25) is 0 Å². The number of nitrogens with zero attached hydrogens (tertiary/aromatic N) is 3. The first-order chi connectivity index (χ1) is 8.83. The predicted molar refractivity (Wildman–Crippen MR) is 74.8 cm³/mol. The molecule has 0 N–H and O–H groups in total. The van der Waals surface area contributed by atoms with Crippen LogP contribution in [-0.2, 0) is 19.3 Å². The van der Waals surface area contributed by atoms with E-state index < -0.39 is 0 Å². The molecule has 0 radical (unpaired) electrons. The third-order valence-electron chi connectivity index (χ3n) is 3.39. The monoisotopic (exact) mass is 263 g/mol. The van der Waals surface area contributed by atoms with Gasteiger partial charge in [0.05, 0.1) is 23.2 Å². The summed E-state index contributed by atoms with van der Waals surface area (Å²) in [4.78, 5) is 8.43. The molecule has 0 bridgehead atoms. The summed E-state index contributed by atoms with van der Waals surface area (Å²) in [6, 6.07) is 2.25. The first kappa shape index (κ1) is 13.5. The summed E-state index contributed by atoms with van der Waals surface area (Å²) in [5.41, 5.74) is 1.17. The van der Waals surface area contributed by atoms with Crippen molar-refractivity contribution in [1.29, 1.82) is 5.26 Å². The van der Waals surface area contributed by atoms with E-state index >= 15 is 0 Å². The van der Waals surface area contributed by atoms with Crippen LogP contribution >= 0.6 is 11.3 Å². The molecular formula is C14H21N3S. The lowest BCUT2D eigenvalue weighted by molar-refractivity contribution is 0.343. The number of rotatable bonds is 6. The van der Waals surface area contributed by atoms with Gasteiger partial charge in [-0.05, 0) is 32.4 Å². The van der Waals surface area contributed by atoms with Gasteiger partial charge in [0.25, 0.3) is 0 Å². The Hall–Kier alpha value is -0.920. The minimum absolute atomic E-state index is 0.525. The zero-order valence-electron chi connectivity index (χ0n) is 11.1. The van der Waals surface area contributed by atoms with Crippen LogP contribution in [0.4, 0.5) is 0 Å². The third-order valence-corrected chi connectivity index (χ3v) is 4.55. The Morgan fingerprint density at radius 3 is 2.78 bits per heavy atom. The van der Waals surface area contributed by atoms with Crippen molar-refractivity contribution in [3.05, 3.63) is 15.6 Å². The second kappa shape index (κ2) is 6.86. The molecule has 1 saturated heterocycles. The van der Waals surface area contributed by atoms with E-state index in [0.29, 0.717) is 6.42 Å². The molecule has 18 heavy (non-hydrogen) atoms. The SMILES string of the molecule is CCCc1nc(CCN2CCCC2)sc1CC#N. The topological polar surface area (TPSA) is 39.9 Å². The van der Waals surface area contributed by atoms with Gasteiger partial charge in [-0.15, -0.1) is 11.3 Å². The van der Waals surface area contributed by atoms with Gasteiger partial charge in [-0.3, -0.25) is 0 Å². The van der Waals surface area contributed by atoms with Gasteiger partial charge < -0.3 is 4.90 Å². The quantitative estimate of drug-likeness (QED) is 0.792. The molecule has 0 atom stereocenters. The molecule has 2 rings (SSSR count). The van der Waals surface area contributed by atoms with Crippen molar-refractivity contribution in [2.24, 2.45) is 0 Å². The number of hydrogen-bond donors (Lipinski definition) is 0. The number of hydrogen-bond acceptors (Lipinski definition) is 4. The highest BCUT2D eigenvalue weighted by Crippen LogP contribution is 2.21. The van der Waals surface area contributed by atoms with Crippen LogP contribution in [0.15, 0.2) is 0 Å². The van der Waals surface area contributed by atoms with Crippen LogP contribution in [0, 0.1) is 11.3 Å². The molecule has 3 nitrogen and oxygen atoms in total. The lowest BCUT2D eigenvalue weighted by Crippen LogP contribution is -2.21. The highest BCUT2D eigenvalue weighted by atomic mass is 32.1. The van der Waals surface area contributed by atoms with Crippen LogP contribution in [-0.4, -0.2) is 29.5 Å². The van der Waals surface area contributed by atoms with Crippen LogP contribution < -0.4 is 0 Å². The van der Waals surface area contributed by atoms with Crippen LogP contribution in [0.25, 0.3) is 0 Å². The summed E-state index contributed by atoms with van der Waals surface area (Å²) >= 11 is 1.75. The molecule has 0 spiro atoms. The Kier molecular flexibility index (Phi) is 5.15. The molecule has 0 amide bonds. The molecule has 1 aromatic heterocycles. The maximum Gasteiger partial charge on any atom is 0.0944 e. The number of aryl methyl sites for hydroxylation is 1. The van der Waals surface area contributed by atoms with E-state index in [2.05, 4.69) is 17.9 Å². The molecule has 1 aliphatic rings. The fourth-order valence-corrected chi connectivity index (χ4v) is 3.48. The molecule has 1 aliphatic heterocycles. The molecule has 0 aromatic carbocycles. The summed E-state index contributed by atoms with van der Waals surface area (Å²) in [5.74, 6) is 0. The number of aromatic nitrogens is 1. The summed E-state index contributed by atoms with van der Waals surface area (Å²) in [6.45, 7) is 5.79. The van der Waals surface area contributed by atoms with Crippen molar-refractivity contribution in [2.75, 3.05) is 19.6 Å². The minimum atomic E-state index is 0.525. The Morgan fingerprint density at radius 2 is 2.11 bits per heavy atom. The molecule has 1 fully saturated rings. The van der Waals surface area contributed by atoms with E-state index in [9.17, 15) is 0 Å². The summed E-state index contributed by atoms with van der Waals surface area (Å²) < 4.78 is 0. The van der Waals surface area contributed by atoms with Gasteiger partial charge in [0, 0.05) is 17.8 Å². The summed E-state index contributed by atoms with van der Waals surface area (Å²) in [5, 5.41) is 10.1. The third kappa shape index (κ3) is 3.54. The largest absolute Gasteiger partial charge is 0.303 e. The Morgan fingerprint density at radius 1 is 1.33 bits per heavy atom. The Labute approximate surface area is 113 Å². The number of thiazole rings is 1. The fraction of sp³-hybridized carbons (Fsp3) is 0.714.